The SMILES string of the molecule is CN1CNC2C=CC=CC21. The summed E-state index contributed by atoms with van der Waals surface area (Å²) in [6.07, 6.45) is 8.68. The molecule has 54 valence electrons. The van der Waals surface area contributed by atoms with Crippen LogP contribution in [0.4, 0.5) is 0 Å². The monoisotopic (exact) mass is 136 g/mol. The van der Waals surface area contributed by atoms with Gasteiger partial charge in [-0.2, -0.15) is 0 Å². The number of rotatable bonds is 0. The maximum atomic E-state index is 3.40. The van der Waals surface area contributed by atoms with Crippen molar-refractivity contribution in [2.75, 3.05) is 13.7 Å². The molecule has 1 heterocycles. The van der Waals surface area contributed by atoms with Crippen molar-refractivity contribution in [2.45, 2.75) is 12.1 Å². The summed E-state index contributed by atoms with van der Waals surface area (Å²) in [6, 6.07) is 1.14. The Bertz CT molecular complexity index is 184. The lowest BCUT2D eigenvalue weighted by Crippen LogP contribution is -2.31. The predicted octanol–water partition coefficient (Wildman–Crippen LogP) is 0.342. The third-order valence-electron chi connectivity index (χ3n) is 2.19. The fourth-order valence-electron chi connectivity index (χ4n) is 1.56. The Hall–Kier alpha value is -0.600. The number of nitrogens with zero attached hydrogens (tertiary/aromatic N) is 1. The van der Waals surface area contributed by atoms with Crippen LogP contribution in [0.5, 0.6) is 0 Å². The topological polar surface area (TPSA) is 15.3 Å². The zero-order valence-electron chi connectivity index (χ0n) is 6.12. The van der Waals surface area contributed by atoms with Gasteiger partial charge in [-0.3, -0.25) is 10.2 Å². The highest BCUT2D eigenvalue weighted by molar-refractivity contribution is 5.22. The summed E-state index contributed by atoms with van der Waals surface area (Å²) in [5, 5.41) is 3.40. The molecule has 0 saturated carbocycles. The number of fused-ring (bicyclic) bond motifs is 1. The zero-order chi connectivity index (χ0) is 6.97. The molecule has 2 heteroatoms. The van der Waals surface area contributed by atoms with Gasteiger partial charge in [0, 0.05) is 18.8 Å². The summed E-state index contributed by atoms with van der Waals surface area (Å²) in [5.74, 6) is 0. The highest BCUT2D eigenvalue weighted by atomic mass is 15.3. The average molecular weight is 136 g/mol. The van der Waals surface area contributed by atoms with Crippen LogP contribution in [0, 0.1) is 0 Å². The van der Waals surface area contributed by atoms with Crippen molar-refractivity contribution in [3.8, 4) is 0 Å². The van der Waals surface area contributed by atoms with Gasteiger partial charge in [-0.05, 0) is 7.05 Å². The van der Waals surface area contributed by atoms with E-state index in [-0.39, 0.29) is 0 Å². The van der Waals surface area contributed by atoms with Crippen LogP contribution in [0.3, 0.4) is 0 Å². The molecule has 0 aromatic heterocycles. The van der Waals surface area contributed by atoms with Gasteiger partial charge in [0.05, 0.1) is 0 Å². The fraction of sp³-hybridized carbons (Fsp3) is 0.500. The minimum absolute atomic E-state index is 0.551. The van der Waals surface area contributed by atoms with Crippen LogP contribution in [0.2, 0.25) is 0 Å². The Kier molecular flexibility index (Phi) is 1.36. The number of likely N-dealkylation sites (N-methyl/N-ethyl adjacent to an activating group) is 1. The second-order valence-corrected chi connectivity index (χ2v) is 2.91. The van der Waals surface area contributed by atoms with E-state index >= 15 is 0 Å². The standard InChI is InChI=1S/C8H12N2/c1-10-6-9-7-4-2-3-5-8(7)10/h2-5,7-9H,6H2,1H3. The number of hydrogen-bond acceptors (Lipinski definition) is 2. The lowest BCUT2D eigenvalue weighted by molar-refractivity contribution is 0.351. The van der Waals surface area contributed by atoms with E-state index in [2.05, 4.69) is 41.6 Å². The Morgan fingerprint density at radius 2 is 2.20 bits per heavy atom. The minimum atomic E-state index is 0.551. The molecule has 1 saturated heterocycles. The number of allylic oxidation sites excluding steroid dienone is 2. The third kappa shape index (κ3) is 0.805. The molecule has 2 nitrogen and oxygen atoms in total. The van der Waals surface area contributed by atoms with Crippen LogP contribution in [0.1, 0.15) is 0 Å². The largest absolute Gasteiger partial charge is 0.296 e. The van der Waals surface area contributed by atoms with Crippen LogP contribution >= 0.6 is 0 Å². The molecule has 10 heavy (non-hydrogen) atoms. The molecule has 0 radical (unpaired) electrons. The van der Waals surface area contributed by atoms with Crippen LogP contribution in [0.15, 0.2) is 24.3 Å². The fourth-order valence-corrected chi connectivity index (χ4v) is 1.56. The molecule has 1 aliphatic heterocycles. The first-order chi connectivity index (χ1) is 4.88. The van der Waals surface area contributed by atoms with Crippen molar-refractivity contribution in [3.05, 3.63) is 24.3 Å². The summed E-state index contributed by atoms with van der Waals surface area (Å²) < 4.78 is 0. The maximum Gasteiger partial charge on any atom is 0.0489 e. The molecule has 2 rings (SSSR count). The molecule has 2 unspecified atom stereocenters. The third-order valence-corrected chi connectivity index (χ3v) is 2.19. The highest BCUT2D eigenvalue weighted by Gasteiger charge is 2.27. The smallest absolute Gasteiger partial charge is 0.0489 e. The van der Waals surface area contributed by atoms with Gasteiger partial charge in [0.15, 0.2) is 0 Å². The number of nitrogens with one attached hydrogen (secondary N) is 1. The van der Waals surface area contributed by atoms with Crippen molar-refractivity contribution >= 4 is 0 Å². The molecule has 1 fully saturated rings. The van der Waals surface area contributed by atoms with Gasteiger partial charge in [0.25, 0.3) is 0 Å². The van der Waals surface area contributed by atoms with Gasteiger partial charge >= 0.3 is 0 Å². The molecule has 0 amide bonds. The van der Waals surface area contributed by atoms with E-state index in [4.69, 9.17) is 0 Å². The van der Waals surface area contributed by atoms with E-state index in [1.165, 1.54) is 0 Å². The summed E-state index contributed by atoms with van der Waals surface area (Å²) in [4.78, 5) is 2.31. The van der Waals surface area contributed by atoms with Gasteiger partial charge < -0.3 is 0 Å². The zero-order valence-corrected chi connectivity index (χ0v) is 6.12. The summed E-state index contributed by atoms with van der Waals surface area (Å²) in [6.45, 7) is 1.00. The molecule has 0 aromatic carbocycles. The Morgan fingerprint density at radius 3 is 3.00 bits per heavy atom. The first kappa shape index (κ1) is 6.13. The molecule has 0 spiro atoms. The molecule has 2 aliphatic rings. The van der Waals surface area contributed by atoms with Gasteiger partial charge in [-0.25, -0.2) is 0 Å². The first-order valence-corrected chi connectivity index (χ1v) is 3.66. The van der Waals surface area contributed by atoms with Crippen molar-refractivity contribution in [1.82, 2.24) is 10.2 Å². The first-order valence-electron chi connectivity index (χ1n) is 3.66. The lowest BCUT2D eigenvalue weighted by atomic mass is 10.0. The quantitative estimate of drug-likeness (QED) is 0.516. The van der Waals surface area contributed by atoms with Gasteiger partial charge in [0.1, 0.15) is 0 Å². The van der Waals surface area contributed by atoms with E-state index in [1.807, 2.05) is 0 Å². The summed E-state index contributed by atoms with van der Waals surface area (Å²) in [5.41, 5.74) is 0. The van der Waals surface area contributed by atoms with E-state index in [0.717, 1.165) is 6.67 Å². The van der Waals surface area contributed by atoms with Crippen LogP contribution in [0.25, 0.3) is 0 Å². The van der Waals surface area contributed by atoms with E-state index in [9.17, 15) is 0 Å². The molecule has 1 N–H and O–H groups in total. The van der Waals surface area contributed by atoms with Crippen molar-refractivity contribution in [1.29, 1.82) is 0 Å². The van der Waals surface area contributed by atoms with E-state index < -0.39 is 0 Å². The maximum absolute atomic E-state index is 3.40. The highest BCUT2D eigenvalue weighted by Crippen LogP contribution is 2.14. The lowest BCUT2D eigenvalue weighted by Gasteiger charge is -2.19. The second-order valence-electron chi connectivity index (χ2n) is 2.91. The molecular formula is C8H12N2. The van der Waals surface area contributed by atoms with Gasteiger partial charge in [-0.15, -0.1) is 0 Å². The molecule has 0 aromatic rings. The van der Waals surface area contributed by atoms with E-state index in [1.54, 1.807) is 0 Å². The average Bonchev–Trinajstić information content (AvgIpc) is 2.34. The Labute approximate surface area is 61.2 Å². The Morgan fingerprint density at radius 1 is 1.40 bits per heavy atom. The normalized spacial score (nSPS) is 38.5. The van der Waals surface area contributed by atoms with Crippen LogP contribution < -0.4 is 5.32 Å². The molecule has 0 bridgehead atoms. The minimum Gasteiger partial charge on any atom is -0.296 e. The second kappa shape index (κ2) is 2.22. The Balaban J connectivity index is 2.19. The van der Waals surface area contributed by atoms with Crippen molar-refractivity contribution in [2.24, 2.45) is 0 Å². The van der Waals surface area contributed by atoms with Gasteiger partial charge in [-0.1, -0.05) is 24.3 Å². The summed E-state index contributed by atoms with van der Waals surface area (Å²) >= 11 is 0. The van der Waals surface area contributed by atoms with Crippen LogP contribution in [-0.2, 0) is 0 Å². The van der Waals surface area contributed by atoms with Crippen molar-refractivity contribution < 1.29 is 0 Å². The van der Waals surface area contributed by atoms with E-state index in [0.29, 0.717) is 12.1 Å². The van der Waals surface area contributed by atoms with Crippen LogP contribution in [-0.4, -0.2) is 30.7 Å². The molecule has 2 atom stereocenters. The summed E-state index contributed by atoms with van der Waals surface area (Å²) in [7, 11) is 2.14. The molecular weight excluding hydrogens is 124 g/mol. The predicted molar refractivity (Wildman–Crippen MR) is 41.6 cm³/mol. The number of hydrogen-bond donors (Lipinski definition) is 1. The van der Waals surface area contributed by atoms with Gasteiger partial charge in [0.2, 0.25) is 0 Å². The molecule has 1 aliphatic carbocycles. The van der Waals surface area contributed by atoms with Crippen molar-refractivity contribution in [3.63, 3.8) is 0 Å².